The fraction of sp³-hybridized carbons (Fsp3) is 0.774. The lowest BCUT2D eigenvalue weighted by Crippen LogP contribution is -2.25. The standard InChI is InChI=1S/C31H50O2/c1-3-5-6-7-8-9-10-24-33-31(32)30-22-20-29(21-23-30)28-18-16-27(17-19-28)26-14-12-25(11-4-2)13-15-26/h20-23,25-28H,3-19,24H2,1-2H3. The van der Waals surface area contributed by atoms with Gasteiger partial charge in [0.2, 0.25) is 0 Å². The summed E-state index contributed by atoms with van der Waals surface area (Å²) in [5, 5.41) is 0. The van der Waals surface area contributed by atoms with Crippen LogP contribution in [0.4, 0.5) is 0 Å². The molecule has 2 nitrogen and oxygen atoms in total. The van der Waals surface area contributed by atoms with E-state index in [1.807, 2.05) is 12.1 Å². The number of hydrogen-bond donors (Lipinski definition) is 0. The van der Waals surface area contributed by atoms with E-state index in [4.69, 9.17) is 4.74 Å². The molecule has 2 heteroatoms. The number of hydrogen-bond acceptors (Lipinski definition) is 2. The van der Waals surface area contributed by atoms with Crippen molar-refractivity contribution in [1.29, 1.82) is 0 Å². The van der Waals surface area contributed by atoms with E-state index >= 15 is 0 Å². The summed E-state index contributed by atoms with van der Waals surface area (Å²) in [4.78, 5) is 12.4. The molecule has 186 valence electrons. The highest BCUT2D eigenvalue weighted by Gasteiger charge is 2.31. The van der Waals surface area contributed by atoms with E-state index in [1.165, 1.54) is 108 Å². The molecule has 2 aliphatic rings. The minimum absolute atomic E-state index is 0.157. The van der Waals surface area contributed by atoms with E-state index < -0.39 is 0 Å². The van der Waals surface area contributed by atoms with Gasteiger partial charge in [0.25, 0.3) is 0 Å². The Morgan fingerprint density at radius 2 is 1.30 bits per heavy atom. The Bertz CT molecular complexity index is 648. The second kappa shape index (κ2) is 14.8. The monoisotopic (exact) mass is 454 g/mol. The molecule has 2 saturated carbocycles. The number of carbonyl (C=O) groups excluding carboxylic acids is 1. The molecule has 0 radical (unpaired) electrons. The number of unbranched alkanes of at least 4 members (excludes halogenated alkanes) is 6. The molecule has 3 rings (SSSR count). The van der Waals surface area contributed by atoms with Crippen LogP contribution in [-0.4, -0.2) is 12.6 Å². The molecule has 0 aliphatic heterocycles. The van der Waals surface area contributed by atoms with Gasteiger partial charge in [-0.25, -0.2) is 4.79 Å². The maximum atomic E-state index is 12.4. The van der Waals surface area contributed by atoms with Gasteiger partial charge in [-0.2, -0.15) is 0 Å². The SMILES string of the molecule is CCCCCCCCCOC(=O)c1ccc(C2CCC(C3CCC(CCC)CC3)CC2)cc1. The van der Waals surface area contributed by atoms with Gasteiger partial charge in [-0.3, -0.25) is 0 Å². The first-order valence-electron chi connectivity index (χ1n) is 14.5. The summed E-state index contributed by atoms with van der Waals surface area (Å²) in [5.74, 6) is 3.49. The molecular weight excluding hydrogens is 404 g/mol. The zero-order valence-electron chi connectivity index (χ0n) is 21.7. The highest BCUT2D eigenvalue weighted by molar-refractivity contribution is 5.89. The van der Waals surface area contributed by atoms with Crippen molar-refractivity contribution < 1.29 is 9.53 Å². The van der Waals surface area contributed by atoms with Crippen LogP contribution >= 0.6 is 0 Å². The summed E-state index contributed by atoms with van der Waals surface area (Å²) in [5.41, 5.74) is 2.13. The second-order valence-electron chi connectivity index (χ2n) is 11.1. The van der Waals surface area contributed by atoms with E-state index in [9.17, 15) is 4.79 Å². The van der Waals surface area contributed by atoms with Crippen molar-refractivity contribution in [2.24, 2.45) is 17.8 Å². The number of carbonyl (C=O) groups is 1. The minimum Gasteiger partial charge on any atom is -0.462 e. The van der Waals surface area contributed by atoms with E-state index in [0.29, 0.717) is 18.1 Å². The quantitative estimate of drug-likeness (QED) is 0.219. The third-order valence-corrected chi connectivity index (χ3v) is 8.63. The molecule has 0 saturated heterocycles. The van der Waals surface area contributed by atoms with Gasteiger partial charge in [-0.15, -0.1) is 0 Å². The zero-order chi connectivity index (χ0) is 23.3. The summed E-state index contributed by atoms with van der Waals surface area (Å²) in [6.45, 7) is 5.13. The Balaban J connectivity index is 1.33. The van der Waals surface area contributed by atoms with Crippen molar-refractivity contribution in [3.05, 3.63) is 35.4 Å². The summed E-state index contributed by atoms with van der Waals surface area (Å²) in [7, 11) is 0. The zero-order valence-corrected chi connectivity index (χ0v) is 21.7. The Kier molecular flexibility index (Phi) is 11.8. The Morgan fingerprint density at radius 3 is 1.91 bits per heavy atom. The summed E-state index contributed by atoms with van der Waals surface area (Å²) < 4.78 is 5.51. The highest BCUT2D eigenvalue weighted by Crippen LogP contribution is 2.44. The van der Waals surface area contributed by atoms with Crippen LogP contribution in [0.15, 0.2) is 24.3 Å². The molecule has 0 atom stereocenters. The van der Waals surface area contributed by atoms with Crippen LogP contribution < -0.4 is 0 Å². The number of esters is 1. The number of ether oxygens (including phenoxy) is 1. The first kappa shape index (κ1) is 26.3. The highest BCUT2D eigenvalue weighted by atomic mass is 16.5. The summed E-state index contributed by atoms with van der Waals surface area (Å²) in [6, 6.07) is 8.35. The smallest absolute Gasteiger partial charge is 0.338 e. The van der Waals surface area contributed by atoms with Gasteiger partial charge >= 0.3 is 5.97 Å². The predicted octanol–water partition coefficient (Wildman–Crippen LogP) is 9.47. The van der Waals surface area contributed by atoms with Crippen LogP contribution in [0.3, 0.4) is 0 Å². The fourth-order valence-electron chi connectivity index (χ4n) is 6.48. The average Bonchev–Trinajstić information content (AvgIpc) is 2.86. The van der Waals surface area contributed by atoms with Crippen molar-refractivity contribution in [3.8, 4) is 0 Å². The molecule has 2 fully saturated rings. The molecule has 1 aromatic rings. The van der Waals surface area contributed by atoms with Gasteiger partial charge in [0, 0.05) is 0 Å². The largest absolute Gasteiger partial charge is 0.462 e. The summed E-state index contributed by atoms with van der Waals surface area (Å²) >= 11 is 0. The van der Waals surface area contributed by atoms with Crippen LogP contribution in [0.2, 0.25) is 0 Å². The Labute approximate surface area is 204 Å². The normalized spacial score (nSPS) is 25.6. The van der Waals surface area contributed by atoms with Gasteiger partial charge in [-0.05, 0) is 86.3 Å². The van der Waals surface area contributed by atoms with Crippen molar-refractivity contribution in [3.63, 3.8) is 0 Å². The lowest BCUT2D eigenvalue weighted by molar-refractivity contribution is 0.0497. The topological polar surface area (TPSA) is 26.3 Å². The molecule has 0 aromatic heterocycles. The minimum atomic E-state index is -0.157. The maximum absolute atomic E-state index is 12.4. The second-order valence-corrected chi connectivity index (χ2v) is 11.1. The molecule has 0 bridgehead atoms. The Morgan fingerprint density at radius 1 is 0.727 bits per heavy atom. The van der Waals surface area contributed by atoms with Gasteiger partial charge in [0.05, 0.1) is 12.2 Å². The lowest BCUT2D eigenvalue weighted by Gasteiger charge is -2.38. The van der Waals surface area contributed by atoms with Gasteiger partial charge < -0.3 is 4.74 Å². The first-order valence-corrected chi connectivity index (χ1v) is 14.5. The first-order chi connectivity index (χ1) is 16.2. The molecule has 0 unspecified atom stereocenters. The van der Waals surface area contributed by atoms with Crippen LogP contribution in [0.5, 0.6) is 0 Å². The molecule has 33 heavy (non-hydrogen) atoms. The van der Waals surface area contributed by atoms with Gasteiger partial charge in [-0.1, -0.05) is 90.2 Å². The molecule has 2 aliphatic carbocycles. The number of rotatable bonds is 13. The summed E-state index contributed by atoms with van der Waals surface area (Å²) in [6.07, 6.45) is 22.9. The van der Waals surface area contributed by atoms with Crippen molar-refractivity contribution in [1.82, 2.24) is 0 Å². The molecular formula is C31H50O2. The van der Waals surface area contributed by atoms with Crippen LogP contribution in [0, 0.1) is 17.8 Å². The predicted molar refractivity (Wildman–Crippen MR) is 140 cm³/mol. The van der Waals surface area contributed by atoms with E-state index in [1.54, 1.807) is 0 Å². The number of benzene rings is 1. The molecule has 0 amide bonds. The van der Waals surface area contributed by atoms with Gasteiger partial charge in [0.15, 0.2) is 0 Å². The maximum Gasteiger partial charge on any atom is 0.338 e. The van der Waals surface area contributed by atoms with E-state index in [0.717, 1.165) is 24.2 Å². The van der Waals surface area contributed by atoms with Crippen molar-refractivity contribution in [2.45, 2.75) is 129 Å². The fourth-order valence-corrected chi connectivity index (χ4v) is 6.48. The van der Waals surface area contributed by atoms with Crippen LogP contribution in [-0.2, 0) is 4.74 Å². The molecule has 0 spiro atoms. The van der Waals surface area contributed by atoms with Crippen LogP contribution in [0.1, 0.15) is 145 Å². The van der Waals surface area contributed by atoms with E-state index in [2.05, 4.69) is 26.0 Å². The van der Waals surface area contributed by atoms with Crippen molar-refractivity contribution >= 4 is 5.97 Å². The van der Waals surface area contributed by atoms with E-state index in [-0.39, 0.29) is 5.97 Å². The van der Waals surface area contributed by atoms with Crippen LogP contribution in [0.25, 0.3) is 0 Å². The lowest BCUT2D eigenvalue weighted by atomic mass is 9.68. The third kappa shape index (κ3) is 8.76. The molecule has 0 heterocycles. The third-order valence-electron chi connectivity index (χ3n) is 8.63. The molecule has 0 N–H and O–H groups in total. The van der Waals surface area contributed by atoms with Crippen molar-refractivity contribution in [2.75, 3.05) is 6.61 Å². The molecule has 1 aromatic carbocycles. The Hall–Kier alpha value is -1.31. The average molecular weight is 455 g/mol. The van der Waals surface area contributed by atoms with Gasteiger partial charge in [0.1, 0.15) is 0 Å².